The first-order valence-corrected chi connectivity index (χ1v) is 19.1. The van der Waals surface area contributed by atoms with Gasteiger partial charge in [0.2, 0.25) is 0 Å². The molecule has 0 spiro atoms. The van der Waals surface area contributed by atoms with Crippen molar-refractivity contribution in [3.05, 3.63) is 12.2 Å². The molecule has 0 bridgehead atoms. The van der Waals surface area contributed by atoms with E-state index in [0.717, 1.165) is 64.2 Å². The van der Waals surface area contributed by atoms with E-state index < -0.39 is 32.5 Å². The van der Waals surface area contributed by atoms with Crippen molar-refractivity contribution in [2.45, 2.75) is 180 Å². The van der Waals surface area contributed by atoms with Gasteiger partial charge in [-0.05, 0) is 38.5 Å². The van der Waals surface area contributed by atoms with Crippen LogP contribution in [0.2, 0.25) is 0 Å². The molecule has 0 aliphatic carbocycles. The van der Waals surface area contributed by atoms with E-state index >= 15 is 0 Å². The topological polar surface area (TPSA) is 132 Å². The maximum Gasteiger partial charge on any atom is 0.469 e. The van der Waals surface area contributed by atoms with Crippen molar-refractivity contribution in [3.63, 3.8) is 0 Å². The predicted molar refractivity (Wildman–Crippen MR) is 174 cm³/mol. The van der Waals surface area contributed by atoms with Gasteiger partial charge < -0.3 is 24.0 Å². The van der Waals surface area contributed by atoms with E-state index in [1.54, 1.807) is 0 Å². The standard InChI is InChI=1S/C34H63O9P/c1-3-5-7-9-11-12-13-14-18-23-27-34(36)42-30(29-41-44(37,38)39)28-40-33(35)26-22-19-15-17-21-25-32-31(43-32)24-20-16-10-8-6-4-2/h16,20,30-32H,3-15,17-19,21-29H2,1-2H3,(H2,37,38,39)/b20-16-/t30-,31?,32?/m1/s1. The molecule has 258 valence electrons. The molecule has 0 aromatic rings. The number of hydrogen-bond acceptors (Lipinski definition) is 7. The van der Waals surface area contributed by atoms with Crippen molar-refractivity contribution in [1.29, 1.82) is 0 Å². The summed E-state index contributed by atoms with van der Waals surface area (Å²) in [7, 11) is -4.75. The first kappa shape index (κ1) is 40.8. The van der Waals surface area contributed by atoms with Crippen LogP contribution in [0.3, 0.4) is 0 Å². The van der Waals surface area contributed by atoms with E-state index in [4.69, 9.17) is 24.0 Å². The van der Waals surface area contributed by atoms with E-state index in [-0.39, 0.29) is 19.4 Å². The summed E-state index contributed by atoms with van der Waals surface area (Å²) in [6, 6.07) is 0. The molecule has 44 heavy (non-hydrogen) atoms. The summed E-state index contributed by atoms with van der Waals surface area (Å²) in [4.78, 5) is 42.6. The van der Waals surface area contributed by atoms with Crippen molar-refractivity contribution in [2.24, 2.45) is 0 Å². The van der Waals surface area contributed by atoms with Crippen LogP contribution >= 0.6 is 7.82 Å². The lowest BCUT2D eigenvalue weighted by molar-refractivity contribution is -0.161. The van der Waals surface area contributed by atoms with Gasteiger partial charge in [-0.1, -0.05) is 122 Å². The Kier molecular flexibility index (Phi) is 24.9. The Bertz CT molecular complexity index is 798. The second-order valence-corrected chi connectivity index (χ2v) is 13.5. The molecule has 1 aliphatic rings. The number of rotatable bonds is 31. The van der Waals surface area contributed by atoms with Crippen LogP contribution in [0.25, 0.3) is 0 Å². The highest BCUT2D eigenvalue weighted by molar-refractivity contribution is 7.46. The van der Waals surface area contributed by atoms with Crippen LogP contribution in [0, 0.1) is 0 Å². The van der Waals surface area contributed by atoms with E-state index in [1.165, 1.54) is 57.8 Å². The Morgan fingerprint density at radius 1 is 0.705 bits per heavy atom. The molecular weight excluding hydrogens is 583 g/mol. The summed E-state index contributed by atoms with van der Waals surface area (Å²) in [6.07, 6.45) is 28.2. The first-order chi connectivity index (χ1) is 21.2. The molecule has 0 aromatic carbocycles. The second-order valence-electron chi connectivity index (χ2n) is 12.2. The molecule has 10 heteroatoms. The SMILES string of the molecule is CCCCC/C=C\CC1OC1CCCCCCCC(=O)OC[C@H](COP(=O)(O)O)OC(=O)CCCCCCCCCCCC. The van der Waals surface area contributed by atoms with Crippen LogP contribution < -0.4 is 0 Å². The number of carbonyl (C=O) groups is 2. The van der Waals surface area contributed by atoms with Crippen LogP contribution in [0.5, 0.6) is 0 Å². The number of esters is 2. The maximum absolute atomic E-state index is 12.3. The quantitative estimate of drug-likeness (QED) is 0.0249. The number of phosphoric ester groups is 1. The molecular formula is C34H63O9P. The van der Waals surface area contributed by atoms with Crippen molar-refractivity contribution in [1.82, 2.24) is 0 Å². The highest BCUT2D eigenvalue weighted by Gasteiger charge is 2.36. The Labute approximate surface area is 267 Å². The smallest absolute Gasteiger partial charge is 0.462 e. The van der Waals surface area contributed by atoms with Gasteiger partial charge in [0.25, 0.3) is 0 Å². The third kappa shape index (κ3) is 26.0. The highest BCUT2D eigenvalue weighted by Crippen LogP contribution is 2.36. The van der Waals surface area contributed by atoms with Crippen LogP contribution in [-0.4, -0.2) is 53.3 Å². The molecule has 1 rings (SSSR count). The van der Waals surface area contributed by atoms with Gasteiger partial charge in [-0.3, -0.25) is 14.1 Å². The summed E-state index contributed by atoms with van der Waals surface area (Å²) in [5.41, 5.74) is 0. The molecule has 0 aromatic heterocycles. The van der Waals surface area contributed by atoms with E-state index in [9.17, 15) is 14.2 Å². The van der Waals surface area contributed by atoms with E-state index in [1.807, 2.05) is 0 Å². The minimum atomic E-state index is -4.75. The molecule has 0 saturated carbocycles. The largest absolute Gasteiger partial charge is 0.469 e. The van der Waals surface area contributed by atoms with Gasteiger partial charge in [0.05, 0.1) is 18.8 Å². The van der Waals surface area contributed by atoms with Crippen LogP contribution in [0.1, 0.15) is 162 Å². The Morgan fingerprint density at radius 2 is 1.25 bits per heavy atom. The molecule has 1 heterocycles. The fraction of sp³-hybridized carbons (Fsp3) is 0.882. The number of hydrogen-bond donors (Lipinski definition) is 2. The number of epoxide rings is 1. The van der Waals surface area contributed by atoms with Gasteiger partial charge >= 0.3 is 19.8 Å². The molecule has 9 nitrogen and oxygen atoms in total. The minimum Gasteiger partial charge on any atom is -0.462 e. The molecule has 2 unspecified atom stereocenters. The summed E-state index contributed by atoms with van der Waals surface area (Å²) < 4.78 is 32.0. The van der Waals surface area contributed by atoms with Crippen molar-refractivity contribution in [2.75, 3.05) is 13.2 Å². The third-order valence-corrected chi connectivity index (χ3v) is 8.44. The normalized spacial score (nSPS) is 17.2. The maximum atomic E-state index is 12.3. The van der Waals surface area contributed by atoms with Crippen molar-refractivity contribution in [3.8, 4) is 0 Å². The average molecular weight is 647 g/mol. The van der Waals surface area contributed by atoms with Crippen LogP contribution in [0.15, 0.2) is 12.2 Å². The van der Waals surface area contributed by atoms with Gasteiger partial charge in [0.15, 0.2) is 6.10 Å². The Morgan fingerprint density at radius 3 is 1.86 bits per heavy atom. The number of ether oxygens (including phenoxy) is 3. The van der Waals surface area contributed by atoms with E-state index in [2.05, 4.69) is 30.5 Å². The number of carbonyl (C=O) groups excluding carboxylic acids is 2. The van der Waals surface area contributed by atoms with Crippen LogP contribution in [0.4, 0.5) is 0 Å². The molecule has 1 fully saturated rings. The minimum absolute atomic E-state index is 0.209. The van der Waals surface area contributed by atoms with Crippen LogP contribution in [-0.2, 0) is 32.9 Å². The molecule has 0 amide bonds. The number of allylic oxidation sites excluding steroid dienone is 1. The van der Waals surface area contributed by atoms with Gasteiger partial charge in [-0.15, -0.1) is 0 Å². The molecule has 3 atom stereocenters. The monoisotopic (exact) mass is 646 g/mol. The number of unbranched alkanes of at least 4 members (excludes halogenated alkanes) is 16. The molecule has 1 saturated heterocycles. The first-order valence-electron chi connectivity index (χ1n) is 17.6. The fourth-order valence-electron chi connectivity index (χ4n) is 5.20. The zero-order valence-electron chi connectivity index (χ0n) is 27.8. The Hall–Kier alpha value is -1.25. The zero-order chi connectivity index (χ0) is 32.3. The fourth-order valence-corrected chi connectivity index (χ4v) is 5.56. The van der Waals surface area contributed by atoms with Gasteiger partial charge in [0.1, 0.15) is 6.61 Å². The molecule has 2 N–H and O–H groups in total. The average Bonchev–Trinajstić information content (AvgIpc) is 3.74. The lowest BCUT2D eigenvalue weighted by Gasteiger charge is -2.18. The molecule has 0 radical (unpaired) electrons. The van der Waals surface area contributed by atoms with Crippen molar-refractivity contribution < 1.29 is 42.7 Å². The van der Waals surface area contributed by atoms with Gasteiger partial charge in [0, 0.05) is 12.8 Å². The Balaban J connectivity index is 2.11. The molecule has 1 aliphatic heterocycles. The van der Waals surface area contributed by atoms with Crippen molar-refractivity contribution >= 4 is 19.8 Å². The predicted octanol–water partition coefficient (Wildman–Crippen LogP) is 8.89. The lowest BCUT2D eigenvalue weighted by atomic mass is 10.1. The van der Waals surface area contributed by atoms with Gasteiger partial charge in [-0.25, -0.2) is 4.57 Å². The van der Waals surface area contributed by atoms with E-state index in [0.29, 0.717) is 25.0 Å². The second kappa shape index (κ2) is 26.9. The summed E-state index contributed by atoms with van der Waals surface area (Å²) in [5, 5.41) is 0. The summed E-state index contributed by atoms with van der Waals surface area (Å²) in [6.45, 7) is 3.60. The third-order valence-electron chi connectivity index (χ3n) is 7.96. The summed E-state index contributed by atoms with van der Waals surface area (Å²) in [5.74, 6) is -0.907. The van der Waals surface area contributed by atoms with Gasteiger partial charge in [-0.2, -0.15) is 0 Å². The lowest BCUT2D eigenvalue weighted by Crippen LogP contribution is -2.29. The number of phosphoric acid groups is 1. The highest BCUT2D eigenvalue weighted by atomic mass is 31.2. The zero-order valence-corrected chi connectivity index (χ0v) is 28.7. The summed E-state index contributed by atoms with van der Waals surface area (Å²) >= 11 is 0.